The number of carbonyl (C=O) groups excluding carboxylic acids is 2. The van der Waals surface area contributed by atoms with Crippen LogP contribution in [0.4, 0.5) is 10.5 Å². The van der Waals surface area contributed by atoms with Crippen molar-refractivity contribution < 1.29 is 14.7 Å². The van der Waals surface area contributed by atoms with Crippen LogP contribution in [0.2, 0.25) is 0 Å². The van der Waals surface area contributed by atoms with Crippen molar-refractivity contribution >= 4 is 17.5 Å². The lowest BCUT2D eigenvalue weighted by atomic mass is 10.1. The molecule has 0 heterocycles. The molecule has 0 aromatic heterocycles. The molecular formula is C14H20N2O3. The van der Waals surface area contributed by atoms with Crippen LogP contribution in [0.5, 0.6) is 0 Å². The van der Waals surface area contributed by atoms with Crippen LogP contribution in [0.3, 0.4) is 0 Å². The molecule has 104 valence electrons. The Hall–Kier alpha value is -1.88. The van der Waals surface area contributed by atoms with Crippen LogP contribution in [0, 0.1) is 0 Å². The number of ketones is 1. The van der Waals surface area contributed by atoms with Gasteiger partial charge < -0.3 is 15.7 Å². The number of Topliss-reactive ketones (excluding diaryl/α,β-unsaturated/α-hetero) is 1. The highest BCUT2D eigenvalue weighted by molar-refractivity contribution is 5.96. The fourth-order valence-electron chi connectivity index (χ4n) is 1.59. The SMILES string of the molecule is CC(=O)c1cccc(NC(=O)NCCCC(C)O)c1. The Morgan fingerprint density at radius 1 is 1.37 bits per heavy atom. The molecule has 5 heteroatoms. The third-order valence-electron chi connectivity index (χ3n) is 2.61. The topological polar surface area (TPSA) is 78.4 Å². The van der Waals surface area contributed by atoms with E-state index in [4.69, 9.17) is 5.11 Å². The number of anilines is 1. The number of amides is 2. The van der Waals surface area contributed by atoms with E-state index < -0.39 is 0 Å². The third-order valence-corrected chi connectivity index (χ3v) is 2.61. The average molecular weight is 264 g/mol. The molecule has 0 aliphatic rings. The Balaban J connectivity index is 2.40. The minimum atomic E-state index is -0.350. The molecule has 0 aliphatic heterocycles. The first kappa shape index (κ1) is 15.2. The lowest BCUT2D eigenvalue weighted by molar-refractivity contribution is 0.101. The Kier molecular flexibility index (Phi) is 6.02. The second-order valence-electron chi connectivity index (χ2n) is 4.51. The van der Waals surface area contributed by atoms with Gasteiger partial charge in [-0.2, -0.15) is 0 Å². The smallest absolute Gasteiger partial charge is 0.319 e. The van der Waals surface area contributed by atoms with E-state index in [9.17, 15) is 9.59 Å². The number of urea groups is 1. The molecule has 19 heavy (non-hydrogen) atoms. The number of carbonyl (C=O) groups is 2. The number of hydrogen-bond acceptors (Lipinski definition) is 3. The molecule has 1 rings (SSSR count). The number of hydrogen-bond donors (Lipinski definition) is 3. The zero-order chi connectivity index (χ0) is 14.3. The molecule has 0 bridgehead atoms. The van der Waals surface area contributed by atoms with Crippen molar-refractivity contribution in [2.75, 3.05) is 11.9 Å². The van der Waals surface area contributed by atoms with Crippen LogP contribution < -0.4 is 10.6 Å². The van der Waals surface area contributed by atoms with Gasteiger partial charge >= 0.3 is 6.03 Å². The molecular weight excluding hydrogens is 244 g/mol. The van der Waals surface area contributed by atoms with E-state index in [-0.39, 0.29) is 17.9 Å². The highest BCUT2D eigenvalue weighted by atomic mass is 16.3. The minimum absolute atomic E-state index is 0.0407. The second kappa shape index (κ2) is 7.53. The van der Waals surface area contributed by atoms with Crippen molar-refractivity contribution in [3.05, 3.63) is 29.8 Å². The Bertz CT molecular complexity index is 444. The average Bonchev–Trinajstić information content (AvgIpc) is 2.34. The first-order valence-electron chi connectivity index (χ1n) is 6.33. The van der Waals surface area contributed by atoms with Gasteiger partial charge in [0.05, 0.1) is 6.10 Å². The maximum absolute atomic E-state index is 11.6. The van der Waals surface area contributed by atoms with Crippen molar-refractivity contribution in [2.45, 2.75) is 32.8 Å². The van der Waals surface area contributed by atoms with Crippen LogP contribution in [0.1, 0.15) is 37.0 Å². The molecule has 0 radical (unpaired) electrons. The Morgan fingerprint density at radius 3 is 2.74 bits per heavy atom. The summed E-state index contributed by atoms with van der Waals surface area (Å²) in [5.74, 6) is -0.0407. The summed E-state index contributed by atoms with van der Waals surface area (Å²) in [7, 11) is 0. The summed E-state index contributed by atoms with van der Waals surface area (Å²) < 4.78 is 0. The zero-order valence-electron chi connectivity index (χ0n) is 11.3. The first-order valence-corrected chi connectivity index (χ1v) is 6.33. The van der Waals surface area contributed by atoms with Gasteiger partial charge in [-0.1, -0.05) is 12.1 Å². The van der Waals surface area contributed by atoms with Crippen molar-refractivity contribution in [1.82, 2.24) is 5.32 Å². The van der Waals surface area contributed by atoms with Gasteiger partial charge in [-0.25, -0.2) is 4.79 Å². The predicted molar refractivity (Wildman–Crippen MR) is 74.4 cm³/mol. The van der Waals surface area contributed by atoms with Gasteiger partial charge in [0.1, 0.15) is 0 Å². The summed E-state index contributed by atoms with van der Waals surface area (Å²) in [6.07, 6.45) is 1.02. The van der Waals surface area contributed by atoms with Crippen LogP contribution in [-0.2, 0) is 0 Å². The molecule has 0 saturated heterocycles. The summed E-state index contributed by atoms with van der Waals surface area (Å²) in [5.41, 5.74) is 1.15. The van der Waals surface area contributed by atoms with Crippen LogP contribution >= 0.6 is 0 Å². The van der Waals surface area contributed by atoms with Crippen molar-refractivity contribution in [3.63, 3.8) is 0 Å². The van der Waals surface area contributed by atoms with Gasteiger partial charge in [0, 0.05) is 17.8 Å². The summed E-state index contributed by atoms with van der Waals surface area (Å²) >= 11 is 0. The van der Waals surface area contributed by atoms with Crippen LogP contribution in [-0.4, -0.2) is 29.6 Å². The fraction of sp³-hybridized carbons (Fsp3) is 0.429. The fourth-order valence-corrected chi connectivity index (χ4v) is 1.59. The molecule has 1 aromatic rings. The van der Waals surface area contributed by atoms with E-state index in [1.165, 1.54) is 6.92 Å². The highest BCUT2D eigenvalue weighted by Crippen LogP contribution is 2.10. The van der Waals surface area contributed by atoms with Crippen molar-refractivity contribution in [2.24, 2.45) is 0 Å². The zero-order valence-corrected chi connectivity index (χ0v) is 11.3. The lowest BCUT2D eigenvalue weighted by Gasteiger charge is -2.09. The third kappa shape index (κ3) is 6.01. The number of benzene rings is 1. The molecule has 5 nitrogen and oxygen atoms in total. The van der Waals surface area contributed by atoms with E-state index in [0.29, 0.717) is 24.2 Å². The molecule has 1 aromatic carbocycles. The molecule has 0 saturated carbocycles. The van der Waals surface area contributed by atoms with Crippen molar-refractivity contribution in [1.29, 1.82) is 0 Å². The van der Waals surface area contributed by atoms with Gasteiger partial charge in [0.25, 0.3) is 0 Å². The summed E-state index contributed by atoms with van der Waals surface area (Å²) in [5, 5.41) is 14.4. The molecule has 1 atom stereocenters. The number of nitrogens with one attached hydrogen (secondary N) is 2. The number of rotatable bonds is 6. The molecule has 0 fully saturated rings. The molecule has 0 aliphatic carbocycles. The van der Waals surface area contributed by atoms with Crippen LogP contribution in [0.15, 0.2) is 24.3 Å². The normalized spacial score (nSPS) is 11.7. The maximum Gasteiger partial charge on any atom is 0.319 e. The second-order valence-corrected chi connectivity index (χ2v) is 4.51. The van der Waals surface area contributed by atoms with E-state index in [2.05, 4.69) is 10.6 Å². The molecule has 3 N–H and O–H groups in total. The Labute approximate surface area is 113 Å². The van der Waals surface area contributed by atoms with E-state index >= 15 is 0 Å². The first-order chi connectivity index (χ1) is 8.99. The minimum Gasteiger partial charge on any atom is -0.393 e. The van der Waals surface area contributed by atoms with Crippen molar-refractivity contribution in [3.8, 4) is 0 Å². The number of aliphatic hydroxyl groups excluding tert-OH is 1. The highest BCUT2D eigenvalue weighted by Gasteiger charge is 2.04. The number of aliphatic hydroxyl groups is 1. The van der Waals surface area contributed by atoms with Gasteiger partial charge in [-0.15, -0.1) is 0 Å². The van der Waals surface area contributed by atoms with Crippen LogP contribution in [0.25, 0.3) is 0 Å². The van der Waals surface area contributed by atoms with Gasteiger partial charge in [0.2, 0.25) is 0 Å². The van der Waals surface area contributed by atoms with E-state index in [1.807, 2.05) is 0 Å². The quantitative estimate of drug-likeness (QED) is 0.544. The van der Waals surface area contributed by atoms with Gasteiger partial charge in [0.15, 0.2) is 5.78 Å². The molecule has 2 amide bonds. The molecule has 0 spiro atoms. The lowest BCUT2D eigenvalue weighted by Crippen LogP contribution is -2.29. The molecule has 1 unspecified atom stereocenters. The van der Waals surface area contributed by atoms with Gasteiger partial charge in [-0.05, 0) is 38.8 Å². The monoisotopic (exact) mass is 264 g/mol. The maximum atomic E-state index is 11.6. The summed E-state index contributed by atoms with van der Waals surface area (Å²) in [4.78, 5) is 22.8. The summed E-state index contributed by atoms with van der Waals surface area (Å²) in [6.45, 7) is 3.70. The Morgan fingerprint density at radius 2 is 2.11 bits per heavy atom. The van der Waals surface area contributed by atoms with E-state index in [0.717, 1.165) is 6.42 Å². The summed E-state index contributed by atoms with van der Waals surface area (Å²) in [6, 6.07) is 6.47. The van der Waals surface area contributed by atoms with E-state index in [1.54, 1.807) is 31.2 Å². The predicted octanol–water partition coefficient (Wildman–Crippen LogP) is 2.17. The largest absolute Gasteiger partial charge is 0.393 e. The van der Waals surface area contributed by atoms with Gasteiger partial charge in [-0.3, -0.25) is 4.79 Å². The standard InChI is InChI=1S/C14H20N2O3/c1-10(17)5-4-8-15-14(19)16-13-7-3-6-12(9-13)11(2)18/h3,6-7,9-10,17H,4-5,8H2,1-2H3,(H2,15,16,19).